The van der Waals surface area contributed by atoms with Crippen LogP contribution in [0.4, 0.5) is 5.69 Å². The monoisotopic (exact) mass is 332 g/mol. The van der Waals surface area contributed by atoms with Crippen LogP contribution >= 0.6 is 0 Å². The third-order valence-electron chi connectivity index (χ3n) is 4.80. The molecule has 0 unspecified atom stereocenters. The van der Waals surface area contributed by atoms with Crippen molar-refractivity contribution in [2.24, 2.45) is 11.8 Å². The van der Waals surface area contributed by atoms with Gasteiger partial charge in [-0.1, -0.05) is 19.1 Å². The van der Waals surface area contributed by atoms with E-state index in [1.165, 1.54) is 18.2 Å². The lowest BCUT2D eigenvalue weighted by Gasteiger charge is -2.24. The summed E-state index contributed by atoms with van der Waals surface area (Å²) >= 11 is 0. The molecule has 1 saturated heterocycles. The molecule has 1 aromatic rings. The minimum absolute atomic E-state index is 0.00855. The highest BCUT2D eigenvalue weighted by Crippen LogP contribution is 2.38. The van der Waals surface area contributed by atoms with Gasteiger partial charge in [-0.2, -0.15) is 0 Å². The topological polar surface area (TPSA) is 89.8 Å². The number of nitro benzene ring substituents is 1. The Balaban J connectivity index is 1.67. The smallest absolute Gasteiger partial charge is 0.309 e. The maximum Gasteiger partial charge on any atom is 0.309 e. The molecule has 7 heteroatoms. The van der Waals surface area contributed by atoms with Crippen LogP contribution in [0.15, 0.2) is 24.3 Å². The average Bonchev–Trinajstić information content (AvgIpc) is 3.12. The molecule has 1 aromatic carbocycles. The molecule has 1 amide bonds. The van der Waals surface area contributed by atoms with Crippen molar-refractivity contribution in [2.45, 2.75) is 32.2 Å². The second-order valence-electron chi connectivity index (χ2n) is 6.52. The summed E-state index contributed by atoms with van der Waals surface area (Å²) in [7, 11) is 0. The van der Waals surface area contributed by atoms with Crippen LogP contribution in [0.5, 0.6) is 0 Å². The van der Waals surface area contributed by atoms with E-state index < -0.39 is 4.92 Å². The molecule has 0 aromatic heterocycles. The number of carbonyl (C=O) groups is 2. The quantitative estimate of drug-likeness (QED) is 0.469. The molecule has 24 heavy (non-hydrogen) atoms. The first-order valence-corrected chi connectivity index (χ1v) is 8.20. The Labute approximate surface area is 139 Å². The zero-order valence-electron chi connectivity index (χ0n) is 13.5. The Morgan fingerprint density at radius 2 is 2.08 bits per heavy atom. The van der Waals surface area contributed by atoms with Crippen LogP contribution in [-0.2, 0) is 9.53 Å². The van der Waals surface area contributed by atoms with Crippen molar-refractivity contribution in [1.82, 2.24) is 4.90 Å². The molecule has 0 bridgehead atoms. The van der Waals surface area contributed by atoms with E-state index in [4.69, 9.17) is 4.74 Å². The lowest BCUT2D eigenvalue weighted by molar-refractivity contribution is -0.385. The molecular formula is C17H20N2O5. The number of amides is 1. The van der Waals surface area contributed by atoms with Crippen molar-refractivity contribution in [3.63, 3.8) is 0 Å². The largest absolute Gasteiger partial charge is 0.463 e. The zero-order valence-corrected chi connectivity index (χ0v) is 13.5. The van der Waals surface area contributed by atoms with Gasteiger partial charge in [0.05, 0.1) is 16.9 Å². The van der Waals surface area contributed by atoms with Crippen LogP contribution in [0.1, 0.15) is 36.5 Å². The van der Waals surface area contributed by atoms with Gasteiger partial charge >= 0.3 is 5.97 Å². The van der Waals surface area contributed by atoms with Crippen LogP contribution in [0.3, 0.4) is 0 Å². The predicted octanol–water partition coefficient (Wildman–Crippen LogP) is 2.40. The first-order valence-electron chi connectivity index (χ1n) is 8.20. The van der Waals surface area contributed by atoms with Crippen LogP contribution in [0.2, 0.25) is 0 Å². The molecule has 3 rings (SSSR count). The highest BCUT2D eigenvalue weighted by atomic mass is 16.6. The predicted molar refractivity (Wildman–Crippen MR) is 85.4 cm³/mol. The van der Waals surface area contributed by atoms with Gasteiger partial charge in [-0.25, -0.2) is 0 Å². The van der Waals surface area contributed by atoms with Gasteiger partial charge in [0.1, 0.15) is 12.2 Å². The summed E-state index contributed by atoms with van der Waals surface area (Å²) in [6.07, 6.45) is 2.40. The van der Waals surface area contributed by atoms with Crippen molar-refractivity contribution in [3.8, 4) is 0 Å². The molecule has 128 valence electrons. The summed E-state index contributed by atoms with van der Waals surface area (Å²) in [5.41, 5.74) is -0.117. The van der Waals surface area contributed by atoms with Crippen LogP contribution in [0, 0.1) is 22.0 Å². The molecule has 3 atom stereocenters. The molecule has 1 heterocycles. The number of nitrogens with zero attached hydrogens (tertiary/aromatic N) is 2. The van der Waals surface area contributed by atoms with E-state index in [1.54, 1.807) is 11.0 Å². The molecule has 0 N–H and O–H groups in total. The fourth-order valence-electron chi connectivity index (χ4n) is 3.18. The molecule has 0 spiro atoms. The Morgan fingerprint density at radius 3 is 2.75 bits per heavy atom. The van der Waals surface area contributed by atoms with Gasteiger partial charge in [0.15, 0.2) is 0 Å². The SMILES string of the molecule is C[C@@H]1C[C@@H]1C(=O)OC[C@@H]1CCCN1C(=O)c1ccccc1[N+](=O)[O-]. The Hall–Kier alpha value is -2.44. The van der Waals surface area contributed by atoms with Crippen LogP contribution in [0.25, 0.3) is 0 Å². The van der Waals surface area contributed by atoms with E-state index >= 15 is 0 Å². The third kappa shape index (κ3) is 3.25. The minimum Gasteiger partial charge on any atom is -0.463 e. The highest BCUT2D eigenvalue weighted by Gasteiger charge is 2.41. The summed E-state index contributed by atoms with van der Waals surface area (Å²) in [5.74, 6) is -0.204. The number of nitro groups is 1. The first kappa shape index (κ1) is 16.4. The molecule has 1 saturated carbocycles. The average molecular weight is 332 g/mol. The Morgan fingerprint density at radius 1 is 1.38 bits per heavy atom. The molecule has 1 aliphatic heterocycles. The fraction of sp³-hybridized carbons (Fsp3) is 0.529. The number of rotatable bonds is 5. The summed E-state index contributed by atoms with van der Waals surface area (Å²) in [6, 6.07) is 5.73. The molecule has 1 aliphatic carbocycles. The molecular weight excluding hydrogens is 312 g/mol. The molecule has 2 fully saturated rings. The summed E-state index contributed by atoms with van der Waals surface area (Å²) in [5, 5.41) is 11.1. The maximum atomic E-state index is 12.7. The van der Waals surface area contributed by atoms with Gasteiger partial charge < -0.3 is 9.64 Å². The van der Waals surface area contributed by atoms with Crippen molar-refractivity contribution < 1.29 is 19.2 Å². The lowest BCUT2D eigenvalue weighted by atomic mass is 10.1. The summed E-state index contributed by atoms with van der Waals surface area (Å²) in [4.78, 5) is 36.7. The zero-order chi connectivity index (χ0) is 17.3. The maximum absolute atomic E-state index is 12.7. The van der Waals surface area contributed by atoms with Crippen molar-refractivity contribution in [2.75, 3.05) is 13.2 Å². The number of likely N-dealkylation sites (tertiary alicyclic amines) is 1. The normalized spacial score (nSPS) is 25.4. The van der Waals surface area contributed by atoms with E-state index in [0.717, 1.165) is 19.3 Å². The van der Waals surface area contributed by atoms with Gasteiger partial charge in [0.2, 0.25) is 0 Å². The number of hydrogen-bond acceptors (Lipinski definition) is 5. The molecule has 0 radical (unpaired) electrons. The Kier molecular flexibility index (Phi) is 4.51. The number of carbonyl (C=O) groups excluding carboxylic acids is 2. The van der Waals surface area contributed by atoms with E-state index in [2.05, 4.69) is 0 Å². The Bertz CT molecular complexity index is 675. The first-order chi connectivity index (χ1) is 11.5. The van der Waals surface area contributed by atoms with Crippen molar-refractivity contribution >= 4 is 17.6 Å². The van der Waals surface area contributed by atoms with Gasteiger partial charge in [-0.05, 0) is 31.2 Å². The summed E-state index contributed by atoms with van der Waals surface area (Å²) in [6.45, 7) is 2.69. The van der Waals surface area contributed by atoms with Gasteiger partial charge in [-0.15, -0.1) is 0 Å². The lowest BCUT2D eigenvalue weighted by Crippen LogP contribution is -2.39. The van der Waals surface area contributed by atoms with E-state index in [0.29, 0.717) is 12.5 Å². The van der Waals surface area contributed by atoms with Crippen molar-refractivity contribution in [3.05, 3.63) is 39.9 Å². The molecule has 7 nitrogen and oxygen atoms in total. The van der Waals surface area contributed by atoms with E-state index in [9.17, 15) is 19.7 Å². The second-order valence-corrected chi connectivity index (χ2v) is 6.52. The van der Waals surface area contributed by atoms with Gasteiger partial charge in [-0.3, -0.25) is 19.7 Å². The third-order valence-corrected chi connectivity index (χ3v) is 4.80. The standard InChI is InChI=1S/C17H20N2O5/c1-11-9-14(11)17(21)24-10-12-5-4-8-18(12)16(20)13-6-2-3-7-15(13)19(22)23/h2-3,6-7,11-12,14H,4-5,8-10H2,1H3/t11-,12+,14+/m1/s1. The minimum atomic E-state index is -0.549. The number of esters is 1. The fourth-order valence-corrected chi connectivity index (χ4v) is 3.18. The number of ether oxygens (including phenoxy) is 1. The number of benzene rings is 1. The van der Waals surface area contributed by atoms with Gasteiger partial charge in [0.25, 0.3) is 11.6 Å². The van der Waals surface area contributed by atoms with E-state index in [-0.39, 0.29) is 41.7 Å². The number of hydrogen-bond donors (Lipinski definition) is 0. The summed E-state index contributed by atoms with van der Waals surface area (Å²) < 4.78 is 5.35. The second kappa shape index (κ2) is 6.59. The molecule has 2 aliphatic rings. The van der Waals surface area contributed by atoms with Gasteiger partial charge in [0, 0.05) is 12.6 Å². The van der Waals surface area contributed by atoms with Crippen molar-refractivity contribution in [1.29, 1.82) is 0 Å². The van der Waals surface area contributed by atoms with Crippen LogP contribution in [-0.4, -0.2) is 40.9 Å². The van der Waals surface area contributed by atoms with Crippen LogP contribution < -0.4 is 0 Å². The van der Waals surface area contributed by atoms with E-state index in [1.807, 2.05) is 6.92 Å². The highest BCUT2D eigenvalue weighted by molar-refractivity contribution is 5.98. The number of para-hydroxylation sites is 1.